The summed E-state index contributed by atoms with van der Waals surface area (Å²) in [6.07, 6.45) is 0. The van der Waals surface area contributed by atoms with E-state index >= 15 is 0 Å². The highest BCUT2D eigenvalue weighted by Crippen LogP contribution is 2.29. The predicted octanol–water partition coefficient (Wildman–Crippen LogP) is 4.14. The summed E-state index contributed by atoms with van der Waals surface area (Å²) in [5, 5.41) is 5.13. The lowest BCUT2D eigenvalue weighted by atomic mass is 10.2. The minimum Gasteiger partial charge on any atom is -0.459 e. The highest BCUT2D eigenvalue weighted by molar-refractivity contribution is 6.35. The van der Waals surface area contributed by atoms with Crippen LogP contribution in [0.3, 0.4) is 0 Å². The van der Waals surface area contributed by atoms with Crippen LogP contribution in [0, 0.1) is 12.8 Å². The van der Waals surface area contributed by atoms with Crippen molar-refractivity contribution in [3.8, 4) is 0 Å². The zero-order valence-electron chi connectivity index (χ0n) is 10.5. The van der Waals surface area contributed by atoms with Crippen LogP contribution in [0.25, 0.3) is 11.0 Å². The number of furan rings is 1. The molecule has 0 bridgehead atoms. The van der Waals surface area contributed by atoms with Gasteiger partial charge in [-0.25, -0.2) is 0 Å². The Morgan fingerprint density at radius 2 is 2.12 bits per heavy atom. The number of halogens is 1. The van der Waals surface area contributed by atoms with Gasteiger partial charge in [-0.3, -0.25) is 0 Å². The maximum atomic E-state index is 6.15. The topological polar surface area (TPSA) is 25.2 Å². The van der Waals surface area contributed by atoms with Gasteiger partial charge in [0.25, 0.3) is 0 Å². The first kappa shape index (κ1) is 12.5. The summed E-state index contributed by atoms with van der Waals surface area (Å²) >= 11 is 6.15. The Morgan fingerprint density at radius 3 is 2.76 bits per heavy atom. The Labute approximate surface area is 107 Å². The number of aryl methyl sites for hydroxylation is 1. The molecule has 0 saturated heterocycles. The number of hydrogen-bond acceptors (Lipinski definition) is 2. The molecule has 0 atom stereocenters. The van der Waals surface area contributed by atoms with Crippen LogP contribution in [0.1, 0.15) is 25.2 Å². The molecule has 0 spiro atoms. The third-order valence-electron chi connectivity index (χ3n) is 2.73. The highest BCUT2D eigenvalue weighted by atomic mass is 35.5. The predicted molar refractivity (Wildman–Crippen MR) is 72.5 cm³/mol. The zero-order valence-corrected chi connectivity index (χ0v) is 11.3. The molecule has 0 fully saturated rings. The highest BCUT2D eigenvalue weighted by Gasteiger charge is 2.09. The molecule has 0 amide bonds. The zero-order chi connectivity index (χ0) is 12.4. The fourth-order valence-corrected chi connectivity index (χ4v) is 2.05. The van der Waals surface area contributed by atoms with E-state index in [2.05, 4.69) is 19.2 Å². The van der Waals surface area contributed by atoms with Gasteiger partial charge < -0.3 is 9.73 Å². The van der Waals surface area contributed by atoms with Crippen molar-refractivity contribution in [1.29, 1.82) is 0 Å². The second-order valence-electron chi connectivity index (χ2n) is 4.84. The molecule has 1 heterocycles. The van der Waals surface area contributed by atoms with Gasteiger partial charge in [0.15, 0.2) is 0 Å². The van der Waals surface area contributed by atoms with Crippen molar-refractivity contribution in [3.05, 3.63) is 34.5 Å². The molecule has 2 aromatic rings. The molecule has 1 N–H and O–H groups in total. The molecular weight excluding hydrogens is 234 g/mol. The second kappa shape index (κ2) is 5.11. The Bertz CT molecular complexity index is 477. The average molecular weight is 252 g/mol. The van der Waals surface area contributed by atoms with Crippen LogP contribution in [0.15, 0.2) is 22.6 Å². The largest absolute Gasteiger partial charge is 0.459 e. The van der Waals surface area contributed by atoms with E-state index in [4.69, 9.17) is 16.0 Å². The van der Waals surface area contributed by atoms with Gasteiger partial charge in [0.2, 0.25) is 0 Å². The van der Waals surface area contributed by atoms with Crippen molar-refractivity contribution in [1.82, 2.24) is 5.32 Å². The first-order chi connectivity index (χ1) is 8.08. The third-order valence-corrected chi connectivity index (χ3v) is 3.06. The number of hydrogen-bond donors (Lipinski definition) is 1. The van der Waals surface area contributed by atoms with Crippen molar-refractivity contribution in [2.75, 3.05) is 6.54 Å². The normalized spacial score (nSPS) is 11.6. The fraction of sp³-hybridized carbons (Fsp3) is 0.429. The molecular formula is C14H18ClNO. The standard InChI is InChI=1S/C14H18ClNO/c1-9(2)7-16-8-11-6-12-13(15)5-4-10(3)14(12)17-11/h4-6,9,16H,7-8H2,1-3H3. The molecule has 0 aliphatic heterocycles. The molecule has 3 heteroatoms. The molecule has 2 rings (SSSR count). The summed E-state index contributed by atoms with van der Waals surface area (Å²) in [6.45, 7) is 8.15. The van der Waals surface area contributed by atoms with E-state index < -0.39 is 0 Å². The van der Waals surface area contributed by atoms with E-state index in [-0.39, 0.29) is 0 Å². The molecule has 0 aliphatic rings. The van der Waals surface area contributed by atoms with Crippen LogP contribution in [0.4, 0.5) is 0 Å². The van der Waals surface area contributed by atoms with E-state index in [1.165, 1.54) is 0 Å². The van der Waals surface area contributed by atoms with Crippen LogP contribution in [0.2, 0.25) is 5.02 Å². The molecule has 92 valence electrons. The fourth-order valence-electron chi connectivity index (χ4n) is 1.85. The molecule has 0 saturated carbocycles. The lowest BCUT2D eigenvalue weighted by Gasteiger charge is -2.04. The van der Waals surface area contributed by atoms with Gasteiger partial charge in [0.05, 0.1) is 11.6 Å². The minimum atomic E-state index is 0.643. The summed E-state index contributed by atoms with van der Waals surface area (Å²) in [5.74, 6) is 1.58. The number of benzene rings is 1. The monoisotopic (exact) mass is 251 g/mol. The second-order valence-corrected chi connectivity index (χ2v) is 5.25. The van der Waals surface area contributed by atoms with Crippen LogP contribution < -0.4 is 5.32 Å². The molecule has 1 aromatic heterocycles. The van der Waals surface area contributed by atoms with Gasteiger partial charge in [-0.15, -0.1) is 0 Å². The molecule has 1 aromatic carbocycles. The first-order valence-electron chi connectivity index (χ1n) is 5.96. The van der Waals surface area contributed by atoms with Crippen LogP contribution >= 0.6 is 11.6 Å². The van der Waals surface area contributed by atoms with Gasteiger partial charge in [-0.1, -0.05) is 31.5 Å². The smallest absolute Gasteiger partial charge is 0.138 e. The van der Waals surface area contributed by atoms with Gasteiger partial charge in [-0.2, -0.15) is 0 Å². The Kier molecular flexibility index (Phi) is 3.75. The summed E-state index contributed by atoms with van der Waals surface area (Å²) in [7, 11) is 0. The minimum absolute atomic E-state index is 0.643. The van der Waals surface area contributed by atoms with Crippen LogP contribution in [-0.2, 0) is 6.54 Å². The number of rotatable bonds is 4. The van der Waals surface area contributed by atoms with Crippen molar-refractivity contribution in [2.45, 2.75) is 27.3 Å². The van der Waals surface area contributed by atoms with E-state index in [0.717, 1.165) is 40.4 Å². The van der Waals surface area contributed by atoms with Crippen molar-refractivity contribution >= 4 is 22.6 Å². The average Bonchev–Trinajstić information content (AvgIpc) is 2.68. The molecule has 0 unspecified atom stereocenters. The lowest BCUT2D eigenvalue weighted by molar-refractivity contribution is 0.484. The van der Waals surface area contributed by atoms with E-state index in [9.17, 15) is 0 Å². The van der Waals surface area contributed by atoms with E-state index in [1.54, 1.807) is 0 Å². The first-order valence-corrected chi connectivity index (χ1v) is 6.34. The van der Waals surface area contributed by atoms with Gasteiger partial charge >= 0.3 is 0 Å². The molecule has 0 aliphatic carbocycles. The molecule has 17 heavy (non-hydrogen) atoms. The maximum absolute atomic E-state index is 6.15. The number of fused-ring (bicyclic) bond motifs is 1. The van der Waals surface area contributed by atoms with Crippen molar-refractivity contribution in [2.24, 2.45) is 5.92 Å². The van der Waals surface area contributed by atoms with Crippen molar-refractivity contribution in [3.63, 3.8) is 0 Å². The van der Waals surface area contributed by atoms with Gasteiger partial charge in [-0.05, 0) is 37.1 Å². The van der Waals surface area contributed by atoms with Crippen LogP contribution in [0.5, 0.6) is 0 Å². The SMILES string of the molecule is Cc1ccc(Cl)c2cc(CNCC(C)C)oc12. The van der Waals surface area contributed by atoms with Gasteiger partial charge in [0, 0.05) is 5.39 Å². The molecule has 2 nitrogen and oxygen atoms in total. The Balaban J connectivity index is 2.20. The lowest BCUT2D eigenvalue weighted by Crippen LogP contribution is -2.18. The van der Waals surface area contributed by atoms with Crippen LogP contribution in [-0.4, -0.2) is 6.54 Å². The van der Waals surface area contributed by atoms with E-state index in [0.29, 0.717) is 5.92 Å². The molecule has 0 radical (unpaired) electrons. The Hall–Kier alpha value is -0.990. The quantitative estimate of drug-likeness (QED) is 0.884. The van der Waals surface area contributed by atoms with Gasteiger partial charge in [0.1, 0.15) is 11.3 Å². The summed E-state index contributed by atoms with van der Waals surface area (Å²) in [4.78, 5) is 0. The van der Waals surface area contributed by atoms with Crippen molar-refractivity contribution < 1.29 is 4.42 Å². The summed E-state index contributed by atoms with van der Waals surface area (Å²) in [6, 6.07) is 5.93. The van der Waals surface area contributed by atoms with E-state index in [1.807, 2.05) is 25.1 Å². The Morgan fingerprint density at radius 1 is 1.35 bits per heavy atom. The summed E-state index contributed by atoms with van der Waals surface area (Å²) < 4.78 is 5.81. The summed E-state index contributed by atoms with van der Waals surface area (Å²) in [5.41, 5.74) is 2.03. The maximum Gasteiger partial charge on any atom is 0.138 e. The third kappa shape index (κ3) is 2.82. The number of nitrogens with one attached hydrogen (secondary N) is 1.